The molecular weight excluding hydrogens is 346 g/mol. The van der Waals surface area contributed by atoms with E-state index < -0.39 is 31.1 Å². The Morgan fingerprint density at radius 2 is 2.14 bits per heavy atom. The molecule has 10 heteroatoms. The van der Waals surface area contributed by atoms with Crippen molar-refractivity contribution in [1.82, 2.24) is 19.5 Å². The minimum atomic E-state index is -1.20. The Hall–Kier alpha value is -1.33. The molecule has 0 amide bonds. The Morgan fingerprint density at radius 1 is 1.38 bits per heavy atom. The lowest BCUT2D eigenvalue weighted by Gasteiger charge is -2.17. The summed E-state index contributed by atoms with van der Waals surface area (Å²) >= 11 is 3.29. The second-order valence-electron chi connectivity index (χ2n) is 4.62. The van der Waals surface area contributed by atoms with Crippen LogP contribution in [0.3, 0.4) is 0 Å². The number of aliphatic hydroxyl groups excluding tert-OH is 3. The molecule has 0 saturated carbocycles. The van der Waals surface area contributed by atoms with Gasteiger partial charge >= 0.3 is 0 Å². The van der Waals surface area contributed by atoms with Crippen LogP contribution in [0.5, 0.6) is 0 Å². The van der Waals surface area contributed by atoms with E-state index in [0.717, 1.165) is 0 Å². The Kier molecular flexibility index (Phi) is 3.80. The lowest BCUT2D eigenvalue weighted by Crippen LogP contribution is -2.33. The summed E-state index contributed by atoms with van der Waals surface area (Å²) < 4.78 is 7.40. The molecule has 0 radical (unpaired) electrons. The van der Waals surface area contributed by atoms with Crippen molar-refractivity contribution in [2.24, 2.45) is 0 Å². The lowest BCUT2D eigenvalue weighted by molar-refractivity contribution is -0.0521. The number of aromatic nitrogens is 4. The molecule has 4 atom stereocenters. The number of hydrogen-bond donors (Lipinski definition) is 4. The highest BCUT2D eigenvalue weighted by Gasteiger charge is 2.44. The van der Waals surface area contributed by atoms with E-state index in [9.17, 15) is 10.2 Å². The van der Waals surface area contributed by atoms with Crippen molar-refractivity contribution in [1.29, 1.82) is 0 Å². The molecule has 0 bridgehead atoms. The van der Waals surface area contributed by atoms with Crippen LogP contribution in [0.4, 0.5) is 5.82 Å². The van der Waals surface area contributed by atoms with Gasteiger partial charge in [0.25, 0.3) is 0 Å². The van der Waals surface area contributed by atoms with Gasteiger partial charge in [-0.25, -0.2) is 15.0 Å². The van der Waals surface area contributed by atoms with Gasteiger partial charge in [0, 0.05) is 7.05 Å². The summed E-state index contributed by atoms with van der Waals surface area (Å²) in [7, 11) is 1.71. The van der Waals surface area contributed by atoms with Gasteiger partial charge in [0.1, 0.15) is 24.6 Å². The fourth-order valence-electron chi connectivity index (χ4n) is 2.38. The Morgan fingerprint density at radius 3 is 2.76 bits per heavy atom. The van der Waals surface area contributed by atoms with Gasteiger partial charge in [-0.15, -0.1) is 0 Å². The van der Waals surface area contributed by atoms with E-state index in [1.165, 1.54) is 10.9 Å². The van der Waals surface area contributed by atoms with Crippen LogP contribution >= 0.6 is 15.9 Å². The lowest BCUT2D eigenvalue weighted by atomic mass is 10.1. The molecule has 2 aromatic rings. The predicted molar refractivity (Wildman–Crippen MR) is 75.6 cm³/mol. The Balaban J connectivity index is 2.11. The molecule has 1 aliphatic rings. The molecule has 0 aliphatic carbocycles. The molecule has 9 nitrogen and oxygen atoms in total. The number of nitrogens with one attached hydrogen (secondary N) is 1. The van der Waals surface area contributed by atoms with Gasteiger partial charge in [-0.2, -0.15) is 0 Å². The maximum atomic E-state index is 10.1. The van der Waals surface area contributed by atoms with Crippen LogP contribution < -0.4 is 5.32 Å². The van der Waals surface area contributed by atoms with E-state index in [2.05, 4.69) is 36.2 Å². The second kappa shape index (κ2) is 5.46. The molecule has 114 valence electrons. The van der Waals surface area contributed by atoms with Gasteiger partial charge in [0.05, 0.1) is 6.61 Å². The van der Waals surface area contributed by atoms with Gasteiger partial charge in [-0.1, -0.05) is 0 Å². The first-order chi connectivity index (χ1) is 10.1. The standard InChI is InChI=1S/C11H14BrN5O4/c1-13-8-5-9(15-3-14-8)17(11(12)16-5)10-7(20)6(19)4(2-18)21-10/h3-4,6-7,10,18-20H,2H2,1H3,(H,13,14,15). The topological polar surface area (TPSA) is 126 Å². The van der Waals surface area contributed by atoms with Gasteiger partial charge in [0.15, 0.2) is 27.9 Å². The smallest absolute Gasteiger partial charge is 0.181 e. The highest BCUT2D eigenvalue weighted by atomic mass is 79.9. The molecule has 1 saturated heterocycles. The van der Waals surface area contributed by atoms with Crippen molar-refractivity contribution in [3.63, 3.8) is 0 Å². The van der Waals surface area contributed by atoms with Gasteiger partial charge in [-0.05, 0) is 15.9 Å². The van der Waals surface area contributed by atoms with E-state index in [4.69, 9.17) is 9.84 Å². The van der Waals surface area contributed by atoms with Crippen molar-refractivity contribution >= 4 is 32.9 Å². The first kappa shape index (κ1) is 14.6. The first-order valence-electron chi connectivity index (χ1n) is 6.27. The summed E-state index contributed by atoms with van der Waals surface area (Å²) in [5, 5.41) is 32.1. The zero-order valence-electron chi connectivity index (χ0n) is 11.0. The number of ether oxygens (including phenoxy) is 1. The third-order valence-electron chi connectivity index (χ3n) is 3.44. The number of rotatable bonds is 3. The Labute approximate surface area is 127 Å². The first-order valence-corrected chi connectivity index (χ1v) is 7.06. The molecule has 2 aromatic heterocycles. The largest absolute Gasteiger partial charge is 0.394 e. The summed E-state index contributed by atoms with van der Waals surface area (Å²) in [5.41, 5.74) is 0.945. The van der Waals surface area contributed by atoms with Crippen LogP contribution in [0.1, 0.15) is 6.23 Å². The van der Waals surface area contributed by atoms with E-state index in [1.807, 2.05) is 0 Å². The van der Waals surface area contributed by atoms with E-state index in [-0.39, 0.29) is 0 Å². The SMILES string of the molecule is CNc1ncnc2c1nc(Br)n2C1OC(CO)C(O)C1O. The number of imidazole rings is 1. The van der Waals surface area contributed by atoms with E-state index in [1.54, 1.807) is 7.05 Å². The van der Waals surface area contributed by atoms with Crippen molar-refractivity contribution in [3.8, 4) is 0 Å². The number of hydrogen-bond acceptors (Lipinski definition) is 8. The second-order valence-corrected chi connectivity index (χ2v) is 5.33. The number of nitrogens with zero attached hydrogens (tertiary/aromatic N) is 4. The average Bonchev–Trinajstić information content (AvgIpc) is 2.96. The fourth-order valence-corrected chi connectivity index (χ4v) is 2.93. The minimum Gasteiger partial charge on any atom is -0.394 e. The van der Waals surface area contributed by atoms with Crippen LogP contribution in [0.25, 0.3) is 11.2 Å². The number of halogens is 1. The maximum Gasteiger partial charge on any atom is 0.181 e. The average molecular weight is 360 g/mol. The molecule has 0 spiro atoms. The monoisotopic (exact) mass is 359 g/mol. The molecule has 4 N–H and O–H groups in total. The number of fused-ring (bicyclic) bond motifs is 1. The van der Waals surface area contributed by atoms with E-state index >= 15 is 0 Å². The summed E-state index contributed by atoms with van der Waals surface area (Å²) in [6.07, 6.45) is -2.80. The fraction of sp³-hybridized carbons (Fsp3) is 0.545. The normalized spacial score (nSPS) is 29.2. The van der Waals surface area contributed by atoms with Crippen molar-refractivity contribution < 1.29 is 20.1 Å². The van der Waals surface area contributed by atoms with Crippen LogP contribution in [-0.2, 0) is 4.74 Å². The number of anilines is 1. The van der Waals surface area contributed by atoms with Gasteiger partial charge < -0.3 is 25.4 Å². The van der Waals surface area contributed by atoms with Crippen LogP contribution in [0.2, 0.25) is 0 Å². The highest BCUT2D eigenvalue weighted by Crippen LogP contribution is 2.35. The molecule has 4 unspecified atom stereocenters. The molecule has 0 aromatic carbocycles. The third-order valence-corrected chi connectivity index (χ3v) is 4.00. The number of aliphatic hydroxyl groups is 3. The third kappa shape index (κ3) is 2.19. The van der Waals surface area contributed by atoms with Gasteiger partial charge in [0.2, 0.25) is 0 Å². The molecule has 1 aliphatic heterocycles. The summed E-state index contributed by atoms with van der Waals surface area (Å²) in [4.78, 5) is 12.5. The Bertz CT molecular complexity index is 665. The summed E-state index contributed by atoms with van der Waals surface area (Å²) in [6.45, 7) is -0.393. The maximum absolute atomic E-state index is 10.1. The highest BCUT2D eigenvalue weighted by molar-refractivity contribution is 9.10. The zero-order valence-corrected chi connectivity index (χ0v) is 12.6. The predicted octanol–water partition coefficient (Wildman–Crippen LogP) is -0.758. The molecule has 3 heterocycles. The molecule has 3 rings (SSSR count). The molecular formula is C11H14BrN5O4. The van der Waals surface area contributed by atoms with Crippen molar-refractivity contribution in [3.05, 3.63) is 11.1 Å². The summed E-state index contributed by atoms with van der Waals surface area (Å²) in [6, 6.07) is 0. The van der Waals surface area contributed by atoms with Crippen LogP contribution in [0, 0.1) is 0 Å². The van der Waals surface area contributed by atoms with Crippen LogP contribution in [-0.4, -0.2) is 66.8 Å². The zero-order chi connectivity index (χ0) is 15.1. The van der Waals surface area contributed by atoms with Crippen LogP contribution in [0.15, 0.2) is 11.1 Å². The van der Waals surface area contributed by atoms with Crippen molar-refractivity contribution in [2.45, 2.75) is 24.5 Å². The molecule has 1 fully saturated rings. The van der Waals surface area contributed by atoms with Crippen molar-refractivity contribution in [2.75, 3.05) is 19.0 Å². The van der Waals surface area contributed by atoms with E-state index in [0.29, 0.717) is 21.7 Å². The molecule has 21 heavy (non-hydrogen) atoms. The van der Waals surface area contributed by atoms with Gasteiger partial charge in [-0.3, -0.25) is 4.57 Å². The minimum absolute atomic E-state index is 0.379. The summed E-state index contributed by atoms with van der Waals surface area (Å²) in [5.74, 6) is 0.534. The quantitative estimate of drug-likeness (QED) is 0.527.